The van der Waals surface area contributed by atoms with Gasteiger partial charge in [0.2, 0.25) is 0 Å². The van der Waals surface area contributed by atoms with E-state index in [1.807, 2.05) is 29.9 Å². The maximum absolute atomic E-state index is 6.09. The van der Waals surface area contributed by atoms with Crippen LogP contribution in [0.4, 0.5) is 0 Å². The lowest BCUT2D eigenvalue weighted by Crippen LogP contribution is -2.43. The van der Waals surface area contributed by atoms with Crippen molar-refractivity contribution in [3.05, 3.63) is 46.8 Å². The van der Waals surface area contributed by atoms with Crippen LogP contribution in [0, 0.1) is 13.8 Å². The van der Waals surface area contributed by atoms with Gasteiger partial charge in [-0.1, -0.05) is 32.0 Å². The standard InChI is InChI=1S/C25H42N6O.HI/c1-8-26-25(28-19(4)17-23-20(5)29-30(7)21(23)6)27-18-22-13-11-12-14-24(22)32-16-15-31(9-2)10-3;/h11-14,19H,8-10,15-18H2,1-7H3,(H2,26,27,28);1H. The van der Waals surface area contributed by atoms with Gasteiger partial charge >= 0.3 is 0 Å². The topological polar surface area (TPSA) is 66.7 Å². The van der Waals surface area contributed by atoms with Crippen molar-refractivity contribution in [1.82, 2.24) is 25.3 Å². The van der Waals surface area contributed by atoms with Crippen molar-refractivity contribution in [2.45, 2.75) is 60.5 Å². The lowest BCUT2D eigenvalue weighted by Gasteiger charge is -2.19. The van der Waals surface area contributed by atoms with Gasteiger partial charge in [-0.05, 0) is 58.8 Å². The third-order valence-electron chi connectivity index (χ3n) is 5.84. The number of hydrogen-bond donors (Lipinski definition) is 2. The summed E-state index contributed by atoms with van der Waals surface area (Å²) in [6, 6.07) is 8.41. The van der Waals surface area contributed by atoms with Crippen LogP contribution in [-0.2, 0) is 20.0 Å². The smallest absolute Gasteiger partial charge is 0.191 e. The number of rotatable bonds is 12. The molecule has 2 aromatic rings. The van der Waals surface area contributed by atoms with Crippen molar-refractivity contribution in [1.29, 1.82) is 0 Å². The molecule has 0 bridgehead atoms. The molecule has 1 atom stereocenters. The van der Waals surface area contributed by atoms with Crippen LogP contribution in [0.15, 0.2) is 29.3 Å². The molecule has 0 amide bonds. The van der Waals surface area contributed by atoms with E-state index in [9.17, 15) is 0 Å². The van der Waals surface area contributed by atoms with Crippen molar-refractivity contribution in [2.24, 2.45) is 12.0 Å². The van der Waals surface area contributed by atoms with E-state index >= 15 is 0 Å². The zero-order valence-electron chi connectivity index (χ0n) is 21.4. The highest BCUT2D eigenvalue weighted by molar-refractivity contribution is 14.0. The number of halogens is 1. The van der Waals surface area contributed by atoms with E-state index in [0.29, 0.717) is 13.2 Å². The van der Waals surface area contributed by atoms with Gasteiger partial charge in [0.05, 0.1) is 12.2 Å². The second-order valence-electron chi connectivity index (χ2n) is 8.20. The van der Waals surface area contributed by atoms with Crippen LogP contribution in [0.5, 0.6) is 5.75 Å². The summed E-state index contributed by atoms with van der Waals surface area (Å²) in [7, 11) is 2.00. The summed E-state index contributed by atoms with van der Waals surface area (Å²) in [6.07, 6.45) is 0.904. The number of aliphatic imine (C=N–C) groups is 1. The first-order valence-electron chi connectivity index (χ1n) is 11.9. The Hall–Kier alpha value is -1.81. The van der Waals surface area contributed by atoms with Crippen LogP contribution >= 0.6 is 24.0 Å². The molecule has 186 valence electrons. The van der Waals surface area contributed by atoms with Crippen LogP contribution in [0.2, 0.25) is 0 Å². The van der Waals surface area contributed by atoms with Gasteiger partial charge in [0.15, 0.2) is 5.96 Å². The zero-order chi connectivity index (χ0) is 23.5. The Balaban J connectivity index is 0.00000544. The molecule has 1 unspecified atom stereocenters. The highest BCUT2D eigenvalue weighted by Crippen LogP contribution is 2.19. The Morgan fingerprint density at radius 2 is 1.88 bits per heavy atom. The van der Waals surface area contributed by atoms with E-state index in [4.69, 9.17) is 9.73 Å². The van der Waals surface area contributed by atoms with Gasteiger partial charge in [0, 0.05) is 37.4 Å². The molecule has 0 saturated carbocycles. The average molecular weight is 571 g/mol. The molecule has 1 aromatic heterocycles. The van der Waals surface area contributed by atoms with Crippen LogP contribution in [0.1, 0.15) is 50.2 Å². The van der Waals surface area contributed by atoms with Gasteiger partial charge < -0.3 is 20.3 Å². The van der Waals surface area contributed by atoms with E-state index in [1.165, 1.54) is 11.3 Å². The Labute approximate surface area is 217 Å². The molecule has 2 rings (SSSR count). The molecule has 1 aromatic carbocycles. The molecule has 0 radical (unpaired) electrons. The van der Waals surface area contributed by atoms with Crippen LogP contribution < -0.4 is 15.4 Å². The van der Waals surface area contributed by atoms with Crippen molar-refractivity contribution in [3.63, 3.8) is 0 Å². The normalized spacial score (nSPS) is 12.4. The molecule has 0 aliphatic rings. The lowest BCUT2D eigenvalue weighted by atomic mass is 10.1. The molecular formula is C25H43IN6O. The van der Waals surface area contributed by atoms with Crippen molar-refractivity contribution in [2.75, 3.05) is 32.8 Å². The van der Waals surface area contributed by atoms with E-state index in [0.717, 1.165) is 55.6 Å². The molecule has 0 aliphatic heterocycles. The summed E-state index contributed by atoms with van der Waals surface area (Å²) in [4.78, 5) is 7.20. The Morgan fingerprint density at radius 3 is 2.48 bits per heavy atom. The van der Waals surface area contributed by atoms with Crippen molar-refractivity contribution in [3.8, 4) is 5.75 Å². The number of ether oxygens (including phenoxy) is 1. The first-order valence-corrected chi connectivity index (χ1v) is 11.9. The molecule has 0 fully saturated rings. The largest absolute Gasteiger partial charge is 0.492 e. The molecule has 33 heavy (non-hydrogen) atoms. The number of benzene rings is 1. The molecule has 0 spiro atoms. The molecule has 1 heterocycles. The third-order valence-corrected chi connectivity index (χ3v) is 5.84. The van der Waals surface area contributed by atoms with Crippen LogP contribution in [0.25, 0.3) is 0 Å². The maximum atomic E-state index is 6.09. The molecule has 7 nitrogen and oxygen atoms in total. The van der Waals surface area contributed by atoms with Crippen molar-refractivity contribution < 1.29 is 4.74 Å². The van der Waals surface area contributed by atoms with Crippen LogP contribution in [-0.4, -0.2) is 59.5 Å². The predicted molar refractivity (Wildman–Crippen MR) is 149 cm³/mol. The SMILES string of the molecule is CCNC(=NCc1ccccc1OCCN(CC)CC)NC(C)Cc1c(C)nn(C)c1C.I. The van der Waals surface area contributed by atoms with Gasteiger partial charge in [0.25, 0.3) is 0 Å². The number of guanidine groups is 1. The number of likely N-dealkylation sites (N-methyl/N-ethyl adjacent to an activating group) is 1. The minimum absolute atomic E-state index is 0. The summed E-state index contributed by atoms with van der Waals surface area (Å²) < 4.78 is 8.04. The second kappa shape index (κ2) is 15.2. The van der Waals surface area contributed by atoms with Crippen LogP contribution in [0.3, 0.4) is 0 Å². The fraction of sp³-hybridized carbons (Fsp3) is 0.600. The number of para-hydroxylation sites is 1. The molecule has 8 heteroatoms. The zero-order valence-corrected chi connectivity index (χ0v) is 23.8. The fourth-order valence-electron chi connectivity index (χ4n) is 3.79. The van der Waals surface area contributed by atoms with E-state index in [1.54, 1.807) is 0 Å². The number of aryl methyl sites for hydroxylation is 2. The molecular weight excluding hydrogens is 527 g/mol. The minimum atomic E-state index is 0. The molecule has 2 N–H and O–H groups in total. The van der Waals surface area contributed by atoms with Gasteiger partial charge in [0.1, 0.15) is 12.4 Å². The summed E-state index contributed by atoms with van der Waals surface area (Å²) in [5.41, 5.74) is 4.71. The number of nitrogens with zero attached hydrogens (tertiary/aromatic N) is 4. The number of nitrogens with one attached hydrogen (secondary N) is 2. The number of hydrogen-bond acceptors (Lipinski definition) is 4. The lowest BCUT2D eigenvalue weighted by molar-refractivity contribution is 0.221. The first-order chi connectivity index (χ1) is 15.4. The fourth-order valence-corrected chi connectivity index (χ4v) is 3.79. The summed E-state index contributed by atoms with van der Waals surface area (Å²) in [5, 5.41) is 11.5. The van der Waals surface area contributed by atoms with Crippen molar-refractivity contribution >= 4 is 29.9 Å². The van der Waals surface area contributed by atoms with Gasteiger partial charge in [-0.3, -0.25) is 4.68 Å². The highest BCUT2D eigenvalue weighted by atomic mass is 127. The van der Waals surface area contributed by atoms with E-state index in [2.05, 4.69) is 68.2 Å². The third kappa shape index (κ3) is 9.16. The monoisotopic (exact) mass is 570 g/mol. The highest BCUT2D eigenvalue weighted by Gasteiger charge is 2.14. The average Bonchev–Trinajstić information content (AvgIpc) is 3.01. The number of aromatic nitrogens is 2. The predicted octanol–water partition coefficient (Wildman–Crippen LogP) is 4.06. The van der Waals surface area contributed by atoms with Gasteiger partial charge in [-0.25, -0.2) is 4.99 Å². The summed E-state index contributed by atoms with van der Waals surface area (Å²) in [5.74, 6) is 1.73. The summed E-state index contributed by atoms with van der Waals surface area (Å²) in [6.45, 7) is 17.9. The van der Waals surface area contributed by atoms with Gasteiger partial charge in [-0.15, -0.1) is 24.0 Å². The minimum Gasteiger partial charge on any atom is -0.492 e. The van der Waals surface area contributed by atoms with E-state index < -0.39 is 0 Å². The quantitative estimate of drug-likeness (QED) is 0.229. The van der Waals surface area contributed by atoms with E-state index in [-0.39, 0.29) is 30.0 Å². The summed E-state index contributed by atoms with van der Waals surface area (Å²) >= 11 is 0. The molecule has 0 saturated heterocycles. The Morgan fingerprint density at radius 1 is 1.18 bits per heavy atom. The Kier molecular flexibility index (Phi) is 13.4. The van der Waals surface area contributed by atoms with Gasteiger partial charge in [-0.2, -0.15) is 5.10 Å². The second-order valence-corrected chi connectivity index (χ2v) is 8.20. The maximum Gasteiger partial charge on any atom is 0.191 e. The molecule has 0 aliphatic carbocycles. The Bertz CT molecular complexity index is 863. The first kappa shape index (κ1) is 29.2.